The van der Waals surface area contributed by atoms with E-state index in [2.05, 4.69) is 202 Å². The molecular formula is C54H31N5. The first-order valence-electron chi connectivity index (χ1n) is 20.2. The van der Waals surface area contributed by atoms with Crippen molar-refractivity contribution in [2.24, 2.45) is 0 Å². The summed E-state index contributed by atoms with van der Waals surface area (Å²) in [7, 11) is 0. The molecule has 0 aliphatic heterocycles. The summed E-state index contributed by atoms with van der Waals surface area (Å²) in [5.41, 5.74) is 12.8. The number of nitrogens with zero attached hydrogens (tertiary/aromatic N) is 5. The third kappa shape index (κ3) is 3.98. The lowest BCUT2D eigenvalue weighted by Crippen LogP contribution is -2.04. The topological polar surface area (TPSA) is 40.1 Å². The minimum absolute atomic E-state index is 0.807. The van der Waals surface area contributed by atoms with Crippen molar-refractivity contribution in [3.63, 3.8) is 0 Å². The molecule has 0 atom stereocenters. The maximum Gasteiger partial charge on any atom is 0.165 e. The Kier molecular flexibility index (Phi) is 5.96. The lowest BCUT2D eigenvalue weighted by Gasteiger charge is -2.15. The molecule has 5 nitrogen and oxygen atoms in total. The van der Waals surface area contributed by atoms with Gasteiger partial charge in [0.25, 0.3) is 0 Å². The van der Waals surface area contributed by atoms with E-state index in [1.165, 1.54) is 65.2 Å². The molecule has 5 aromatic heterocycles. The number of hydrogen-bond donors (Lipinski definition) is 0. The van der Waals surface area contributed by atoms with Crippen LogP contribution in [0.15, 0.2) is 188 Å². The first kappa shape index (κ1) is 31.1. The van der Waals surface area contributed by atoms with Gasteiger partial charge in [0.05, 0.1) is 49.7 Å². The van der Waals surface area contributed by atoms with Gasteiger partial charge in [-0.25, -0.2) is 9.97 Å². The summed E-state index contributed by atoms with van der Waals surface area (Å²) in [5, 5.41) is 12.0. The molecule has 0 spiro atoms. The van der Waals surface area contributed by atoms with E-state index >= 15 is 0 Å². The molecule has 14 aromatic rings. The highest BCUT2D eigenvalue weighted by Gasteiger charge is 2.28. The van der Waals surface area contributed by atoms with Gasteiger partial charge in [-0.15, -0.1) is 0 Å². The number of benzene rings is 9. The molecule has 0 aliphatic rings. The minimum atomic E-state index is 0.807. The van der Waals surface area contributed by atoms with Crippen LogP contribution in [0.3, 0.4) is 0 Å². The zero-order chi connectivity index (χ0) is 38.3. The zero-order valence-electron chi connectivity index (χ0n) is 31.6. The Morgan fingerprint density at radius 2 is 0.983 bits per heavy atom. The highest BCUT2D eigenvalue weighted by molar-refractivity contribution is 6.37. The molecule has 5 heterocycles. The van der Waals surface area contributed by atoms with Crippen molar-refractivity contribution < 1.29 is 0 Å². The predicted molar refractivity (Wildman–Crippen MR) is 246 cm³/mol. The molecule has 0 saturated carbocycles. The third-order valence-electron chi connectivity index (χ3n) is 12.7. The smallest absolute Gasteiger partial charge is 0.165 e. The van der Waals surface area contributed by atoms with E-state index in [0.717, 1.165) is 61.1 Å². The second-order valence-electron chi connectivity index (χ2n) is 15.7. The van der Waals surface area contributed by atoms with Gasteiger partial charge in [-0.2, -0.15) is 0 Å². The van der Waals surface area contributed by atoms with E-state index < -0.39 is 0 Å². The van der Waals surface area contributed by atoms with Crippen LogP contribution in [0.5, 0.6) is 0 Å². The summed E-state index contributed by atoms with van der Waals surface area (Å²) in [5.74, 6) is 0.807. The molecule has 0 bridgehead atoms. The fraction of sp³-hybridized carbons (Fsp3) is 0. The molecule has 9 aromatic carbocycles. The number of aromatic nitrogens is 5. The monoisotopic (exact) mass is 749 g/mol. The van der Waals surface area contributed by atoms with Crippen LogP contribution in [0.4, 0.5) is 0 Å². The van der Waals surface area contributed by atoms with Crippen LogP contribution in [0, 0.1) is 0 Å². The first-order chi connectivity index (χ1) is 29.3. The van der Waals surface area contributed by atoms with Crippen molar-refractivity contribution in [2.75, 3.05) is 0 Å². The van der Waals surface area contributed by atoms with E-state index in [1.54, 1.807) is 0 Å². The Bertz CT molecular complexity index is 4060. The van der Waals surface area contributed by atoms with E-state index in [0.29, 0.717) is 0 Å². The van der Waals surface area contributed by atoms with Crippen LogP contribution >= 0.6 is 0 Å². The molecule has 0 fully saturated rings. The summed E-state index contributed by atoms with van der Waals surface area (Å²) >= 11 is 0. The highest BCUT2D eigenvalue weighted by atomic mass is 15.1. The van der Waals surface area contributed by atoms with Gasteiger partial charge >= 0.3 is 0 Å². The van der Waals surface area contributed by atoms with Gasteiger partial charge in [0, 0.05) is 54.3 Å². The molecule has 0 N–H and O–H groups in total. The molecule has 0 amide bonds. The third-order valence-corrected chi connectivity index (χ3v) is 12.7. The average molecular weight is 750 g/mol. The normalized spacial score (nSPS) is 12.4. The van der Waals surface area contributed by atoms with Gasteiger partial charge in [-0.05, 0) is 53.2 Å². The van der Waals surface area contributed by atoms with Crippen molar-refractivity contribution in [1.29, 1.82) is 0 Å². The Balaban J connectivity index is 1.32. The van der Waals surface area contributed by atoms with Gasteiger partial charge in [-0.3, -0.25) is 4.57 Å². The number of hydrogen-bond acceptors (Lipinski definition) is 2. The van der Waals surface area contributed by atoms with Crippen LogP contribution in [0.2, 0.25) is 0 Å². The number of rotatable bonds is 3. The summed E-state index contributed by atoms with van der Waals surface area (Å²) in [6, 6.07) is 68.0. The van der Waals surface area contributed by atoms with Crippen molar-refractivity contribution in [3.05, 3.63) is 188 Å². The van der Waals surface area contributed by atoms with Crippen LogP contribution in [0.25, 0.3) is 126 Å². The summed E-state index contributed by atoms with van der Waals surface area (Å²) in [4.78, 5) is 11.3. The molecule has 0 unspecified atom stereocenters. The first-order valence-corrected chi connectivity index (χ1v) is 20.2. The largest absolute Gasteiger partial charge is 0.309 e. The standard InChI is InChI=1S/C54H31N5/c1-3-16-33(17-4-1)50-54(56-51-35-20-8-7-15-32(35)29-30-41(51)55-50)58-44-28-14-23-37-39-25-13-24-38-36-21-9-11-26-42(36)59(52(38)39)53-48-40-22-10-12-27-43(40)57(34-18-5-2-6-19-34)45(48)31-46(58)49(53)47(37)44/h1-31H. The second-order valence-corrected chi connectivity index (χ2v) is 15.7. The lowest BCUT2D eigenvalue weighted by atomic mass is 10.0. The van der Waals surface area contributed by atoms with Crippen molar-refractivity contribution in [2.45, 2.75) is 0 Å². The van der Waals surface area contributed by atoms with E-state index in [9.17, 15) is 0 Å². The van der Waals surface area contributed by atoms with Crippen LogP contribution in [0.1, 0.15) is 0 Å². The Hall–Kier alpha value is -8.02. The SMILES string of the molecule is c1ccc(-c2nc3ccc4ccccc4c3nc2-n2c3cccc4c5cccc6c7ccccc7n(c56)c5c6c7ccccc7n(-c7ccccc7)c6cc2c5c43)cc1. The van der Waals surface area contributed by atoms with Crippen LogP contribution in [-0.4, -0.2) is 23.5 Å². The second kappa shape index (κ2) is 11.3. The van der Waals surface area contributed by atoms with Crippen molar-refractivity contribution >= 4 is 104 Å². The minimum Gasteiger partial charge on any atom is -0.309 e. The molecular weight excluding hydrogens is 719 g/mol. The summed E-state index contributed by atoms with van der Waals surface area (Å²) in [6.45, 7) is 0. The molecule has 272 valence electrons. The van der Waals surface area contributed by atoms with Gasteiger partial charge in [0.15, 0.2) is 5.82 Å². The van der Waals surface area contributed by atoms with Gasteiger partial charge < -0.3 is 8.97 Å². The molecule has 0 radical (unpaired) electrons. The Morgan fingerprint density at radius 3 is 1.83 bits per heavy atom. The Morgan fingerprint density at radius 1 is 0.356 bits per heavy atom. The highest BCUT2D eigenvalue weighted by Crippen LogP contribution is 2.49. The molecule has 59 heavy (non-hydrogen) atoms. The van der Waals surface area contributed by atoms with Crippen molar-refractivity contribution in [1.82, 2.24) is 23.5 Å². The quantitative estimate of drug-likeness (QED) is 0.169. The van der Waals surface area contributed by atoms with Crippen LogP contribution in [-0.2, 0) is 0 Å². The van der Waals surface area contributed by atoms with Gasteiger partial charge in [0.2, 0.25) is 0 Å². The fourth-order valence-electron chi connectivity index (χ4n) is 10.4. The maximum atomic E-state index is 5.74. The maximum absolute atomic E-state index is 5.74. The van der Waals surface area contributed by atoms with Crippen molar-refractivity contribution in [3.8, 4) is 22.8 Å². The Labute approximate surface area is 336 Å². The van der Waals surface area contributed by atoms with Gasteiger partial charge in [0.1, 0.15) is 5.69 Å². The van der Waals surface area contributed by atoms with E-state index in [-0.39, 0.29) is 0 Å². The molecule has 0 aliphatic carbocycles. The molecule has 0 saturated heterocycles. The number of para-hydroxylation sites is 4. The average Bonchev–Trinajstić information content (AvgIpc) is 3.91. The molecule has 5 heteroatoms. The number of fused-ring (bicyclic) bond motifs is 12. The lowest BCUT2D eigenvalue weighted by molar-refractivity contribution is 1.08. The summed E-state index contributed by atoms with van der Waals surface area (Å²) < 4.78 is 7.44. The molecule has 14 rings (SSSR count). The van der Waals surface area contributed by atoms with E-state index in [4.69, 9.17) is 9.97 Å². The fourth-order valence-corrected chi connectivity index (χ4v) is 10.4. The van der Waals surface area contributed by atoms with Gasteiger partial charge in [-0.1, -0.05) is 146 Å². The predicted octanol–water partition coefficient (Wildman–Crippen LogP) is 13.8. The van der Waals surface area contributed by atoms with Crippen LogP contribution < -0.4 is 0 Å². The zero-order valence-corrected chi connectivity index (χ0v) is 31.6. The van der Waals surface area contributed by atoms with E-state index in [1.807, 2.05) is 0 Å². The summed E-state index contributed by atoms with van der Waals surface area (Å²) in [6.07, 6.45) is 0.